The van der Waals surface area contributed by atoms with E-state index in [2.05, 4.69) is 9.97 Å². The molecule has 80 valence electrons. The SMILES string of the molecule is CC(N)CCc1nc2ccc(Cl)cc2[nH]1. The molecule has 0 aliphatic rings. The zero-order valence-corrected chi connectivity index (χ0v) is 9.38. The Kier molecular flexibility index (Phi) is 2.93. The molecule has 1 aromatic heterocycles. The molecule has 0 fully saturated rings. The van der Waals surface area contributed by atoms with E-state index in [-0.39, 0.29) is 6.04 Å². The molecule has 1 unspecified atom stereocenters. The Morgan fingerprint density at radius 3 is 3.07 bits per heavy atom. The second-order valence-electron chi connectivity index (χ2n) is 3.86. The largest absolute Gasteiger partial charge is 0.342 e. The standard InChI is InChI=1S/C11H14ClN3/c1-7(13)2-5-11-14-9-4-3-8(12)6-10(9)15-11/h3-4,6-7H,2,5,13H2,1H3,(H,14,15). The van der Waals surface area contributed by atoms with E-state index >= 15 is 0 Å². The second-order valence-corrected chi connectivity index (χ2v) is 4.30. The Bertz CT molecular complexity index is 462. The van der Waals surface area contributed by atoms with Gasteiger partial charge < -0.3 is 10.7 Å². The number of aromatic nitrogens is 2. The van der Waals surface area contributed by atoms with E-state index in [0.29, 0.717) is 0 Å². The molecule has 0 saturated heterocycles. The predicted molar refractivity (Wildman–Crippen MR) is 63.1 cm³/mol. The first-order chi connectivity index (χ1) is 7.15. The average molecular weight is 224 g/mol. The van der Waals surface area contributed by atoms with Crippen LogP contribution in [0.3, 0.4) is 0 Å². The number of rotatable bonds is 3. The van der Waals surface area contributed by atoms with E-state index in [0.717, 1.165) is 34.7 Å². The van der Waals surface area contributed by atoms with Gasteiger partial charge in [-0.3, -0.25) is 0 Å². The topological polar surface area (TPSA) is 54.7 Å². The van der Waals surface area contributed by atoms with Crippen molar-refractivity contribution in [3.8, 4) is 0 Å². The predicted octanol–water partition coefficient (Wildman–Crippen LogP) is 2.50. The molecule has 0 spiro atoms. The zero-order valence-electron chi connectivity index (χ0n) is 8.63. The normalized spacial score (nSPS) is 13.3. The Labute approximate surface area is 93.6 Å². The van der Waals surface area contributed by atoms with Crippen molar-refractivity contribution in [3.05, 3.63) is 29.0 Å². The number of nitrogens with one attached hydrogen (secondary N) is 1. The minimum absolute atomic E-state index is 0.210. The van der Waals surface area contributed by atoms with Gasteiger partial charge in [0, 0.05) is 17.5 Å². The third-order valence-corrected chi connectivity index (χ3v) is 2.56. The fourth-order valence-corrected chi connectivity index (χ4v) is 1.69. The van der Waals surface area contributed by atoms with Crippen LogP contribution in [0.25, 0.3) is 11.0 Å². The molecule has 0 aliphatic heterocycles. The number of imidazole rings is 1. The molecule has 1 aromatic carbocycles. The van der Waals surface area contributed by atoms with Gasteiger partial charge in [0.05, 0.1) is 11.0 Å². The van der Waals surface area contributed by atoms with Crippen LogP contribution in [-0.4, -0.2) is 16.0 Å². The van der Waals surface area contributed by atoms with E-state index in [1.165, 1.54) is 0 Å². The molecule has 1 heterocycles. The Morgan fingerprint density at radius 1 is 1.53 bits per heavy atom. The number of aryl methyl sites for hydroxylation is 1. The highest BCUT2D eigenvalue weighted by Crippen LogP contribution is 2.17. The van der Waals surface area contributed by atoms with Gasteiger partial charge in [0.25, 0.3) is 0 Å². The van der Waals surface area contributed by atoms with Crippen LogP contribution >= 0.6 is 11.6 Å². The van der Waals surface area contributed by atoms with Crippen molar-refractivity contribution in [1.29, 1.82) is 0 Å². The molecule has 2 rings (SSSR count). The highest BCUT2D eigenvalue weighted by atomic mass is 35.5. The summed E-state index contributed by atoms with van der Waals surface area (Å²) >= 11 is 5.89. The molecule has 3 N–H and O–H groups in total. The molecule has 0 aliphatic carbocycles. The van der Waals surface area contributed by atoms with Gasteiger partial charge in [0.1, 0.15) is 5.82 Å². The summed E-state index contributed by atoms with van der Waals surface area (Å²) in [5.74, 6) is 0.976. The number of H-pyrrole nitrogens is 1. The maximum Gasteiger partial charge on any atom is 0.107 e. The van der Waals surface area contributed by atoms with Crippen LogP contribution < -0.4 is 5.73 Å². The molecule has 0 radical (unpaired) electrons. The average Bonchev–Trinajstić information content (AvgIpc) is 2.56. The first-order valence-corrected chi connectivity index (χ1v) is 5.42. The summed E-state index contributed by atoms with van der Waals surface area (Å²) in [4.78, 5) is 7.70. The van der Waals surface area contributed by atoms with Crippen molar-refractivity contribution >= 4 is 22.6 Å². The van der Waals surface area contributed by atoms with Crippen molar-refractivity contribution in [2.75, 3.05) is 0 Å². The number of hydrogen-bond acceptors (Lipinski definition) is 2. The van der Waals surface area contributed by atoms with E-state index in [1.54, 1.807) is 0 Å². The van der Waals surface area contributed by atoms with Gasteiger partial charge in [-0.1, -0.05) is 11.6 Å². The maximum atomic E-state index is 5.89. The summed E-state index contributed by atoms with van der Waals surface area (Å²) in [6.07, 6.45) is 1.82. The van der Waals surface area contributed by atoms with Gasteiger partial charge >= 0.3 is 0 Å². The van der Waals surface area contributed by atoms with Crippen molar-refractivity contribution in [1.82, 2.24) is 9.97 Å². The number of aromatic amines is 1. The highest BCUT2D eigenvalue weighted by molar-refractivity contribution is 6.31. The molecule has 0 saturated carbocycles. The third kappa shape index (κ3) is 2.49. The summed E-state index contributed by atoms with van der Waals surface area (Å²) in [6, 6.07) is 5.87. The fraction of sp³-hybridized carbons (Fsp3) is 0.364. The molecule has 15 heavy (non-hydrogen) atoms. The van der Waals surface area contributed by atoms with E-state index in [4.69, 9.17) is 17.3 Å². The molecule has 4 heteroatoms. The van der Waals surface area contributed by atoms with Crippen LogP contribution in [0, 0.1) is 0 Å². The first kappa shape index (κ1) is 10.5. The smallest absolute Gasteiger partial charge is 0.107 e. The van der Waals surface area contributed by atoms with Crippen LogP contribution in [-0.2, 0) is 6.42 Å². The van der Waals surface area contributed by atoms with Crippen LogP contribution in [0.15, 0.2) is 18.2 Å². The Hall–Kier alpha value is -1.06. The van der Waals surface area contributed by atoms with Crippen molar-refractivity contribution in [2.45, 2.75) is 25.8 Å². The number of benzene rings is 1. The molecule has 0 amide bonds. The fourth-order valence-electron chi connectivity index (χ4n) is 1.52. The summed E-state index contributed by atoms with van der Waals surface area (Å²) in [6.45, 7) is 2.00. The number of halogens is 1. The first-order valence-electron chi connectivity index (χ1n) is 5.05. The van der Waals surface area contributed by atoms with Crippen LogP contribution in [0.4, 0.5) is 0 Å². The van der Waals surface area contributed by atoms with Gasteiger partial charge in [-0.15, -0.1) is 0 Å². The van der Waals surface area contributed by atoms with Crippen molar-refractivity contribution in [2.24, 2.45) is 5.73 Å². The van der Waals surface area contributed by atoms with Gasteiger partial charge in [-0.2, -0.15) is 0 Å². The van der Waals surface area contributed by atoms with Crippen LogP contribution in [0.1, 0.15) is 19.2 Å². The molecule has 2 aromatic rings. The monoisotopic (exact) mass is 223 g/mol. The highest BCUT2D eigenvalue weighted by Gasteiger charge is 2.04. The summed E-state index contributed by atoms with van der Waals surface area (Å²) in [5.41, 5.74) is 7.64. The zero-order chi connectivity index (χ0) is 10.8. The van der Waals surface area contributed by atoms with E-state index in [1.807, 2.05) is 25.1 Å². The maximum absolute atomic E-state index is 5.89. The quantitative estimate of drug-likeness (QED) is 0.840. The van der Waals surface area contributed by atoms with E-state index in [9.17, 15) is 0 Å². The Balaban J connectivity index is 2.23. The molecule has 0 bridgehead atoms. The van der Waals surface area contributed by atoms with Crippen molar-refractivity contribution in [3.63, 3.8) is 0 Å². The van der Waals surface area contributed by atoms with Gasteiger partial charge in [-0.25, -0.2) is 4.98 Å². The van der Waals surface area contributed by atoms with E-state index < -0.39 is 0 Å². The molecular weight excluding hydrogens is 210 g/mol. The number of hydrogen-bond donors (Lipinski definition) is 2. The molecule has 3 nitrogen and oxygen atoms in total. The van der Waals surface area contributed by atoms with Crippen LogP contribution in [0.5, 0.6) is 0 Å². The second kappa shape index (κ2) is 4.21. The lowest BCUT2D eigenvalue weighted by Gasteiger charge is -2.00. The molecular formula is C11H14ClN3. The minimum Gasteiger partial charge on any atom is -0.342 e. The number of nitrogens with two attached hydrogens (primary N) is 1. The van der Waals surface area contributed by atoms with Gasteiger partial charge in [0.15, 0.2) is 0 Å². The number of fused-ring (bicyclic) bond motifs is 1. The Morgan fingerprint density at radius 2 is 2.33 bits per heavy atom. The van der Waals surface area contributed by atoms with Gasteiger partial charge in [-0.05, 0) is 31.5 Å². The summed E-state index contributed by atoms with van der Waals surface area (Å²) in [5, 5.41) is 0.727. The lowest BCUT2D eigenvalue weighted by atomic mass is 10.2. The minimum atomic E-state index is 0.210. The number of nitrogens with zero attached hydrogens (tertiary/aromatic N) is 1. The summed E-state index contributed by atoms with van der Waals surface area (Å²) < 4.78 is 0. The third-order valence-electron chi connectivity index (χ3n) is 2.33. The van der Waals surface area contributed by atoms with Crippen molar-refractivity contribution < 1.29 is 0 Å². The molecule has 1 atom stereocenters. The lowest BCUT2D eigenvalue weighted by molar-refractivity contribution is 0.652. The lowest BCUT2D eigenvalue weighted by Crippen LogP contribution is -2.15. The van der Waals surface area contributed by atoms with Gasteiger partial charge in [0.2, 0.25) is 0 Å². The summed E-state index contributed by atoms with van der Waals surface area (Å²) in [7, 11) is 0. The van der Waals surface area contributed by atoms with Crippen LogP contribution in [0.2, 0.25) is 5.02 Å².